The average Bonchev–Trinajstić information content (AvgIpc) is 2.48. The topological polar surface area (TPSA) is 29.1 Å². The van der Waals surface area contributed by atoms with Gasteiger partial charge in [0.15, 0.2) is 0 Å². The highest BCUT2D eigenvalue weighted by atomic mass is 35.5. The Kier molecular flexibility index (Phi) is 6.54. The van der Waals surface area contributed by atoms with E-state index in [-0.39, 0.29) is 5.25 Å². The van der Waals surface area contributed by atoms with E-state index in [1.165, 1.54) is 6.42 Å². The van der Waals surface area contributed by atoms with Crippen LogP contribution in [-0.4, -0.2) is 22.0 Å². The zero-order chi connectivity index (χ0) is 15.4. The van der Waals surface area contributed by atoms with E-state index in [1.807, 2.05) is 6.07 Å². The number of halogens is 2. The van der Waals surface area contributed by atoms with Gasteiger partial charge in [-0.2, -0.15) is 0 Å². The minimum Gasteiger partial charge on any atom is -0.313 e. The highest BCUT2D eigenvalue weighted by Crippen LogP contribution is 2.32. The van der Waals surface area contributed by atoms with Gasteiger partial charge in [-0.1, -0.05) is 37.0 Å². The Hall–Kier alpha value is -0.0900. The van der Waals surface area contributed by atoms with Gasteiger partial charge in [0.05, 0.1) is 26.1 Å². The molecule has 0 spiro atoms. The molecule has 0 saturated heterocycles. The van der Waals surface area contributed by atoms with Gasteiger partial charge in [0.1, 0.15) is 0 Å². The first-order valence-corrected chi connectivity index (χ1v) is 9.58. The maximum absolute atomic E-state index is 13.0. The summed E-state index contributed by atoms with van der Waals surface area (Å²) in [6.07, 6.45) is 4.39. The summed E-state index contributed by atoms with van der Waals surface area (Å²) in [5.41, 5.74) is 0. The van der Waals surface area contributed by atoms with Crippen molar-refractivity contribution in [2.45, 2.75) is 55.7 Å². The molecule has 1 fully saturated rings. The second-order valence-corrected chi connectivity index (χ2v) is 8.38. The quantitative estimate of drug-likeness (QED) is 0.839. The van der Waals surface area contributed by atoms with Crippen molar-refractivity contribution in [2.24, 2.45) is 5.92 Å². The third-order valence-corrected chi connectivity index (χ3v) is 6.64. The van der Waals surface area contributed by atoms with Crippen LogP contribution in [0.1, 0.15) is 39.5 Å². The summed E-state index contributed by atoms with van der Waals surface area (Å²) >= 11 is 12.0. The lowest BCUT2D eigenvalue weighted by Gasteiger charge is -2.35. The molecule has 21 heavy (non-hydrogen) atoms. The summed E-state index contributed by atoms with van der Waals surface area (Å²) in [6.45, 7) is 5.38. The fourth-order valence-corrected chi connectivity index (χ4v) is 5.09. The second kappa shape index (κ2) is 7.96. The van der Waals surface area contributed by atoms with Crippen molar-refractivity contribution in [1.82, 2.24) is 5.32 Å². The smallest absolute Gasteiger partial charge is 0.0604 e. The van der Waals surface area contributed by atoms with Crippen molar-refractivity contribution in [3.63, 3.8) is 0 Å². The van der Waals surface area contributed by atoms with Gasteiger partial charge in [0.2, 0.25) is 0 Å². The molecule has 4 unspecified atom stereocenters. The van der Waals surface area contributed by atoms with Crippen LogP contribution in [0, 0.1) is 5.92 Å². The number of hydrogen-bond donors (Lipinski definition) is 1. The summed E-state index contributed by atoms with van der Waals surface area (Å²) < 4.78 is 13.0. The number of nitrogens with one attached hydrogen (secondary N) is 1. The predicted octanol–water partition coefficient (Wildman–Crippen LogP) is 4.66. The van der Waals surface area contributed by atoms with Crippen LogP contribution >= 0.6 is 23.2 Å². The Balaban J connectivity index is 2.17. The molecule has 0 aliphatic heterocycles. The van der Waals surface area contributed by atoms with Crippen molar-refractivity contribution in [3.8, 4) is 0 Å². The molecular formula is C16H23Cl2NOS. The van der Waals surface area contributed by atoms with Crippen LogP contribution in [-0.2, 0) is 10.8 Å². The van der Waals surface area contributed by atoms with Crippen molar-refractivity contribution in [2.75, 3.05) is 6.54 Å². The Morgan fingerprint density at radius 1 is 1.29 bits per heavy atom. The third kappa shape index (κ3) is 4.44. The lowest BCUT2D eigenvalue weighted by atomic mass is 9.87. The zero-order valence-electron chi connectivity index (χ0n) is 12.6. The van der Waals surface area contributed by atoms with Gasteiger partial charge >= 0.3 is 0 Å². The first kappa shape index (κ1) is 17.3. The molecule has 0 aromatic heterocycles. The van der Waals surface area contributed by atoms with Crippen LogP contribution < -0.4 is 5.32 Å². The Morgan fingerprint density at radius 2 is 2.05 bits per heavy atom. The van der Waals surface area contributed by atoms with E-state index < -0.39 is 10.8 Å². The lowest BCUT2D eigenvalue weighted by Crippen LogP contribution is -2.46. The molecule has 4 atom stereocenters. The van der Waals surface area contributed by atoms with E-state index in [0.29, 0.717) is 22.0 Å². The molecule has 1 saturated carbocycles. The molecule has 1 aliphatic rings. The molecule has 2 rings (SSSR count). The Morgan fingerprint density at radius 3 is 2.71 bits per heavy atom. The van der Waals surface area contributed by atoms with Crippen LogP contribution in [0.5, 0.6) is 0 Å². The maximum Gasteiger partial charge on any atom is 0.0604 e. The average molecular weight is 348 g/mol. The van der Waals surface area contributed by atoms with Gasteiger partial charge in [0, 0.05) is 10.9 Å². The summed E-state index contributed by atoms with van der Waals surface area (Å²) in [4.78, 5) is 0.784. The molecule has 1 aromatic carbocycles. The molecule has 118 valence electrons. The molecule has 1 aromatic rings. The maximum atomic E-state index is 13.0. The van der Waals surface area contributed by atoms with Crippen LogP contribution in [0.4, 0.5) is 0 Å². The lowest BCUT2D eigenvalue weighted by molar-refractivity contribution is 0.313. The van der Waals surface area contributed by atoms with Gasteiger partial charge in [-0.05, 0) is 56.3 Å². The molecule has 2 nitrogen and oxygen atoms in total. The molecule has 0 amide bonds. The molecular weight excluding hydrogens is 325 g/mol. The van der Waals surface area contributed by atoms with Crippen LogP contribution in [0.15, 0.2) is 23.1 Å². The standard InChI is InChI=1S/C16H23Cl2NOS/c1-3-8-19-15-7-4-11(2)9-16(15)21(20)12-5-6-13(17)14(18)10-12/h5-6,10-11,15-16,19H,3-4,7-9H2,1-2H3. The first-order valence-electron chi connectivity index (χ1n) is 7.62. The normalized spacial score (nSPS) is 27.5. The number of benzene rings is 1. The molecule has 1 aliphatic carbocycles. The van der Waals surface area contributed by atoms with Gasteiger partial charge in [-0.3, -0.25) is 4.21 Å². The van der Waals surface area contributed by atoms with Gasteiger partial charge in [-0.25, -0.2) is 0 Å². The third-order valence-electron chi connectivity index (χ3n) is 4.11. The SMILES string of the molecule is CCCNC1CCC(C)CC1S(=O)c1ccc(Cl)c(Cl)c1. The van der Waals surface area contributed by atoms with Crippen LogP contribution in [0.25, 0.3) is 0 Å². The van der Waals surface area contributed by atoms with E-state index in [2.05, 4.69) is 19.2 Å². The largest absolute Gasteiger partial charge is 0.313 e. The summed E-state index contributed by atoms with van der Waals surface area (Å²) in [6, 6.07) is 5.64. The van der Waals surface area contributed by atoms with E-state index in [4.69, 9.17) is 23.2 Å². The fraction of sp³-hybridized carbons (Fsp3) is 0.625. The second-order valence-electron chi connectivity index (χ2n) is 5.89. The zero-order valence-corrected chi connectivity index (χ0v) is 14.9. The fourth-order valence-electron chi connectivity index (χ4n) is 2.91. The highest BCUT2D eigenvalue weighted by Gasteiger charge is 2.33. The van der Waals surface area contributed by atoms with Crippen LogP contribution in [0.2, 0.25) is 10.0 Å². The van der Waals surface area contributed by atoms with E-state index >= 15 is 0 Å². The molecule has 0 heterocycles. The highest BCUT2D eigenvalue weighted by molar-refractivity contribution is 7.85. The molecule has 0 radical (unpaired) electrons. The Bertz CT molecular complexity index is 507. The van der Waals surface area contributed by atoms with Crippen molar-refractivity contribution < 1.29 is 4.21 Å². The monoisotopic (exact) mass is 347 g/mol. The predicted molar refractivity (Wildman–Crippen MR) is 91.8 cm³/mol. The van der Waals surface area contributed by atoms with Crippen molar-refractivity contribution >= 4 is 34.0 Å². The number of hydrogen-bond acceptors (Lipinski definition) is 2. The molecule has 5 heteroatoms. The Labute approximate surface area is 140 Å². The van der Waals surface area contributed by atoms with Crippen LogP contribution in [0.3, 0.4) is 0 Å². The molecule has 0 bridgehead atoms. The minimum atomic E-state index is -1.05. The van der Waals surface area contributed by atoms with E-state index in [1.54, 1.807) is 12.1 Å². The summed E-state index contributed by atoms with van der Waals surface area (Å²) in [7, 11) is -1.05. The number of rotatable bonds is 5. The van der Waals surface area contributed by atoms with E-state index in [9.17, 15) is 4.21 Å². The summed E-state index contributed by atoms with van der Waals surface area (Å²) in [5.74, 6) is 0.626. The summed E-state index contributed by atoms with van der Waals surface area (Å²) in [5, 5.41) is 4.70. The van der Waals surface area contributed by atoms with E-state index in [0.717, 1.165) is 30.7 Å². The van der Waals surface area contributed by atoms with Gasteiger partial charge < -0.3 is 5.32 Å². The molecule has 1 N–H and O–H groups in total. The first-order chi connectivity index (χ1) is 10.0. The van der Waals surface area contributed by atoms with Crippen molar-refractivity contribution in [3.05, 3.63) is 28.2 Å². The van der Waals surface area contributed by atoms with Gasteiger partial charge in [0.25, 0.3) is 0 Å². The van der Waals surface area contributed by atoms with Crippen molar-refractivity contribution in [1.29, 1.82) is 0 Å². The van der Waals surface area contributed by atoms with Gasteiger partial charge in [-0.15, -0.1) is 0 Å². The minimum absolute atomic E-state index is 0.151.